The Balaban J connectivity index is 1.69. The van der Waals surface area contributed by atoms with Crippen LogP contribution < -0.4 is 10.6 Å². The van der Waals surface area contributed by atoms with Crippen molar-refractivity contribution < 1.29 is 46.1 Å². The zero-order chi connectivity index (χ0) is 32.8. The lowest BCUT2D eigenvalue weighted by Gasteiger charge is -2.38. The fourth-order valence-corrected chi connectivity index (χ4v) is 5.56. The van der Waals surface area contributed by atoms with Crippen LogP contribution in [0, 0.1) is 0 Å². The molecule has 4 aromatic rings. The van der Waals surface area contributed by atoms with E-state index in [9.17, 15) is 46.1 Å². The van der Waals surface area contributed by atoms with Gasteiger partial charge in [0.2, 0.25) is 17.2 Å². The van der Waals surface area contributed by atoms with Gasteiger partial charge in [0.05, 0.1) is 32.9 Å². The summed E-state index contributed by atoms with van der Waals surface area (Å²) >= 11 is 1.90. The number of benzene rings is 2. The zero-order valence-corrected chi connectivity index (χ0v) is 24.3. The van der Waals surface area contributed by atoms with Gasteiger partial charge in [0.15, 0.2) is 0 Å². The number of alkyl halides is 6. The highest BCUT2D eigenvalue weighted by molar-refractivity contribution is 8.00. The minimum atomic E-state index is -6.04. The molecule has 2 heterocycles. The maximum absolute atomic E-state index is 14.8. The molecule has 2 amide bonds. The van der Waals surface area contributed by atoms with Gasteiger partial charge in [0.1, 0.15) is 11.5 Å². The van der Waals surface area contributed by atoms with Crippen molar-refractivity contribution in [2.45, 2.75) is 27.8 Å². The average molecular weight is 669 g/mol. The third-order valence-electron chi connectivity index (χ3n) is 6.24. The van der Waals surface area contributed by atoms with E-state index in [0.29, 0.717) is 46.5 Å². The predicted octanol–water partition coefficient (Wildman–Crippen LogP) is 6.76. The number of phenols is 2. The van der Waals surface area contributed by atoms with Gasteiger partial charge in [-0.05, 0) is 59.7 Å². The monoisotopic (exact) mass is 668 g/mol. The van der Waals surface area contributed by atoms with E-state index in [4.69, 9.17) is 0 Å². The van der Waals surface area contributed by atoms with Gasteiger partial charge in [-0.1, -0.05) is 47.8 Å². The topological polar surface area (TPSA) is 124 Å². The molecule has 0 spiro atoms. The number of nitrogens with zero attached hydrogens (tertiary/aromatic N) is 2. The Morgan fingerprint density at radius 2 is 1.04 bits per heavy atom. The number of hydrogen-bond donors (Lipinski definition) is 4. The highest BCUT2D eigenvalue weighted by Crippen LogP contribution is 2.57. The van der Waals surface area contributed by atoms with E-state index < -0.39 is 63.6 Å². The molecule has 0 aliphatic carbocycles. The number of nitrogens with one attached hydrogen (secondary N) is 2. The molecule has 16 heteroatoms. The number of carbonyl (C=O) groups is 2. The van der Waals surface area contributed by atoms with Gasteiger partial charge in [-0.3, -0.25) is 9.59 Å². The van der Waals surface area contributed by atoms with Crippen LogP contribution in [0.25, 0.3) is 0 Å². The van der Waals surface area contributed by atoms with Crippen molar-refractivity contribution in [1.82, 2.24) is 9.97 Å². The van der Waals surface area contributed by atoms with E-state index in [1.807, 2.05) is 0 Å². The molecule has 2 aromatic carbocycles. The molecule has 45 heavy (non-hydrogen) atoms. The third kappa shape index (κ3) is 7.62. The van der Waals surface area contributed by atoms with Crippen molar-refractivity contribution in [3.05, 3.63) is 96.3 Å². The number of thioether (sulfide) groups is 2. The van der Waals surface area contributed by atoms with E-state index in [0.717, 1.165) is 23.5 Å². The number of phenolic OH excluding ortho intramolecular Hbond substituents is 2. The van der Waals surface area contributed by atoms with Crippen LogP contribution in [0.1, 0.15) is 11.1 Å². The maximum Gasteiger partial charge on any atom is 0.411 e. The SMILES string of the molecule is O=C(CSc1ccccn1)Nc1cc(C(c2ccc(O)c(NC(=O)CSc3ccccn3)c2)(C(F)(F)F)C(F)(F)F)ccc1O. The summed E-state index contributed by atoms with van der Waals surface area (Å²) in [6.45, 7) is 0. The molecule has 0 saturated heterocycles. The Bertz CT molecular complexity index is 1540. The first-order valence-corrected chi connectivity index (χ1v) is 14.7. The van der Waals surface area contributed by atoms with Crippen LogP contribution in [0.2, 0.25) is 0 Å². The summed E-state index contributed by atoms with van der Waals surface area (Å²) in [5.74, 6) is -3.86. The fourth-order valence-electron chi connectivity index (χ4n) is 4.24. The molecule has 0 atom stereocenters. The smallest absolute Gasteiger partial charge is 0.411 e. The number of pyridine rings is 2. The quantitative estimate of drug-likeness (QED) is 0.0831. The number of aromatic hydroxyl groups is 2. The number of amides is 2. The van der Waals surface area contributed by atoms with E-state index >= 15 is 0 Å². The fraction of sp³-hybridized carbons (Fsp3) is 0.172. The number of aromatic nitrogens is 2. The molecule has 0 saturated carbocycles. The predicted molar refractivity (Wildman–Crippen MR) is 156 cm³/mol. The van der Waals surface area contributed by atoms with Crippen molar-refractivity contribution >= 4 is 46.7 Å². The molecule has 8 nitrogen and oxygen atoms in total. The van der Waals surface area contributed by atoms with Crippen LogP contribution in [0.4, 0.5) is 37.7 Å². The Kier molecular flexibility index (Phi) is 10.2. The molecule has 0 aliphatic heterocycles. The van der Waals surface area contributed by atoms with Gasteiger partial charge in [-0.25, -0.2) is 9.97 Å². The lowest BCUT2D eigenvalue weighted by molar-refractivity contribution is -0.288. The average Bonchev–Trinajstić information content (AvgIpc) is 2.98. The molecule has 4 rings (SSSR count). The Morgan fingerprint density at radius 3 is 1.38 bits per heavy atom. The minimum absolute atomic E-state index is 0.315. The summed E-state index contributed by atoms with van der Waals surface area (Å²) in [7, 11) is 0. The maximum atomic E-state index is 14.8. The second-order valence-corrected chi connectivity index (χ2v) is 11.2. The number of halogens is 6. The van der Waals surface area contributed by atoms with Crippen molar-refractivity contribution in [2.24, 2.45) is 0 Å². The van der Waals surface area contributed by atoms with Crippen molar-refractivity contribution in [3.8, 4) is 11.5 Å². The standard InChI is InChI=1S/C29H22F6N4O4S2/c30-28(31,32)27(29(33,34)35,17-7-9-21(40)19(13-17)38-23(42)15-44-25-5-1-3-11-36-25)18-8-10-22(41)20(14-18)39-24(43)16-45-26-6-2-4-12-37-26/h1-14,40-41H,15-16H2,(H,38,42)(H,39,43). The molecule has 236 valence electrons. The molecule has 0 unspecified atom stereocenters. The van der Waals surface area contributed by atoms with E-state index in [2.05, 4.69) is 20.6 Å². The molecule has 0 aliphatic rings. The first-order chi connectivity index (χ1) is 21.2. The van der Waals surface area contributed by atoms with Crippen LogP contribution in [-0.4, -0.2) is 55.9 Å². The van der Waals surface area contributed by atoms with Crippen LogP contribution >= 0.6 is 23.5 Å². The van der Waals surface area contributed by atoms with Gasteiger partial charge < -0.3 is 20.8 Å². The first-order valence-electron chi connectivity index (χ1n) is 12.7. The lowest BCUT2D eigenvalue weighted by atomic mass is 9.72. The Morgan fingerprint density at radius 1 is 0.644 bits per heavy atom. The van der Waals surface area contributed by atoms with Crippen molar-refractivity contribution in [2.75, 3.05) is 22.1 Å². The minimum Gasteiger partial charge on any atom is -0.506 e. The largest absolute Gasteiger partial charge is 0.506 e. The van der Waals surface area contributed by atoms with Crippen LogP contribution in [0.15, 0.2) is 95.2 Å². The second-order valence-electron chi connectivity index (χ2n) is 9.22. The summed E-state index contributed by atoms with van der Waals surface area (Å²) in [6.07, 6.45) is -9.15. The molecule has 0 fully saturated rings. The number of carbonyl (C=O) groups excluding carboxylic acids is 2. The first kappa shape index (κ1) is 33.5. The Hall–Kier alpha value is -4.44. The summed E-state index contributed by atoms with van der Waals surface area (Å²) < 4.78 is 88.9. The molecule has 0 radical (unpaired) electrons. The highest BCUT2D eigenvalue weighted by Gasteiger charge is 2.72. The van der Waals surface area contributed by atoms with Crippen molar-refractivity contribution in [1.29, 1.82) is 0 Å². The normalized spacial score (nSPS) is 12.0. The highest BCUT2D eigenvalue weighted by atomic mass is 32.2. The Labute approximate surface area is 260 Å². The zero-order valence-electron chi connectivity index (χ0n) is 22.7. The van der Waals surface area contributed by atoms with E-state index in [1.54, 1.807) is 36.4 Å². The van der Waals surface area contributed by atoms with Gasteiger partial charge in [0, 0.05) is 12.4 Å². The molecular weight excluding hydrogens is 646 g/mol. The lowest BCUT2D eigenvalue weighted by Crippen LogP contribution is -2.54. The van der Waals surface area contributed by atoms with Crippen molar-refractivity contribution in [3.63, 3.8) is 0 Å². The van der Waals surface area contributed by atoms with E-state index in [1.165, 1.54) is 12.4 Å². The molecule has 2 aromatic heterocycles. The number of anilines is 2. The molecule has 0 bridgehead atoms. The van der Waals surface area contributed by atoms with Gasteiger partial charge in [-0.2, -0.15) is 26.3 Å². The van der Waals surface area contributed by atoms with Crippen LogP contribution in [0.3, 0.4) is 0 Å². The van der Waals surface area contributed by atoms with E-state index in [-0.39, 0.29) is 11.5 Å². The van der Waals surface area contributed by atoms with Gasteiger partial charge in [0.25, 0.3) is 0 Å². The summed E-state index contributed by atoms with van der Waals surface area (Å²) in [6, 6.07) is 12.6. The number of hydrogen-bond acceptors (Lipinski definition) is 8. The third-order valence-corrected chi connectivity index (χ3v) is 8.12. The second kappa shape index (κ2) is 13.7. The molecular formula is C29H22F6N4O4S2. The number of rotatable bonds is 10. The van der Waals surface area contributed by atoms with Crippen LogP contribution in [-0.2, 0) is 15.0 Å². The summed E-state index contributed by atoms with van der Waals surface area (Å²) in [5.41, 5.74) is -8.89. The van der Waals surface area contributed by atoms with Gasteiger partial charge >= 0.3 is 12.4 Å². The molecule has 4 N–H and O–H groups in total. The summed E-state index contributed by atoms with van der Waals surface area (Å²) in [4.78, 5) is 33.0. The van der Waals surface area contributed by atoms with Crippen LogP contribution in [0.5, 0.6) is 11.5 Å². The van der Waals surface area contributed by atoms with Gasteiger partial charge in [-0.15, -0.1) is 0 Å². The summed E-state index contributed by atoms with van der Waals surface area (Å²) in [5, 5.41) is 25.6.